The van der Waals surface area contributed by atoms with E-state index >= 15 is 0 Å². The summed E-state index contributed by atoms with van der Waals surface area (Å²) in [5.74, 6) is -0.537. The number of carbonyl (C=O) groups is 2. The minimum atomic E-state index is -4.98. The molecule has 4 rings (SSSR count). The number of allylic oxidation sites excluding steroid dienone is 1. The molecule has 0 saturated carbocycles. The van der Waals surface area contributed by atoms with E-state index in [0.29, 0.717) is 12.3 Å². The third-order valence-electron chi connectivity index (χ3n) is 6.04. The van der Waals surface area contributed by atoms with E-state index in [1.54, 1.807) is 0 Å². The first-order valence-corrected chi connectivity index (χ1v) is 14.8. The number of hydrogen-bond donors (Lipinski definition) is 0. The van der Waals surface area contributed by atoms with Crippen LogP contribution in [-0.4, -0.2) is 44.3 Å². The highest BCUT2D eigenvalue weighted by Gasteiger charge is 2.50. The van der Waals surface area contributed by atoms with Crippen LogP contribution in [0.1, 0.15) is 42.0 Å². The molecular weight excluding hydrogens is 547 g/mol. The largest absolute Gasteiger partial charge is 0.416 e. The van der Waals surface area contributed by atoms with Crippen molar-refractivity contribution in [3.63, 3.8) is 0 Å². The molecule has 200 valence electrons. The zero-order valence-electron chi connectivity index (χ0n) is 19.8. The molecule has 14 heteroatoms. The van der Waals surface area contributed by atoms with Gasteiger partial charge in [-0.05, 0) is 48.7 Å². The monoisotopic (exact) mass is 567 g/mol. The van der Waals surface area contributed by atoms with Crippen LogP contribution in [0.3, 0.4) is 0 Å². The number of alkyl halides is 3. The second-order valence-electron chi connectivity index (χ2n) is 8.89. The van der Waals surface area contributed by atoms with Crippen molar-refractivity contribution in [3.05, 3.63) is 76.5 Å². The number of sulfonamides is 1. The summed E-state index contributed by atoms with van der Waals surface area (Å²) in [5, 5.41) is 7.65. The highest BCUT2D eigenvalue weighted by atomic mass is 32.3. The molecule has 0 radical (unpaired) electrons. The Hall–Kier alpha value is -3.70. The van der Waals surface area contributed by atoms with E-state index in [9.17, 15) is 39.6 Å². The minimum absolute atomic E-state index is 0.0177. The number of nitrogens with zero attached hydrogens (tertiary/aromatic N) is 3. The number of anilines is 1. The van der Waals surface area contributed by atoms with Crippen LogP contribution < -0.4 is 4.90 Å². The summed E-state index contributed by atoms with van der Waals surface area (Å²) in [5.41, 5.74) is -1.23. The zero-order chi connectivity index (χ0) is 28.0. The second-order valence-corrected chi connectivity index (χ2v) is 13.2. The van der Waals surface area contributed by atoms with Crippen LogP contribution in [0.15, 0.2) is 59.8 Å². The molecule has 1 aliphatic heterocycles. The number of halogens is 3. The van der Waals surface area contributed by atoms with Crippen molar-refractivity contribution < 1.29 is 39.6 Å². The van der Waals surface area contributed by atoms with Gasteiger partial charge in [0, 0.05) is 23.9 Å². The van der Waals surface area contributed by atoms with E-state index in [-0.39, 0.29) is 51.7 Å². The average molecular weight is 568 g/mol. The molecular formula is C24H20F3N3O6S2. The number of benzene rings is 2. The highest BCUT2D eigenvalue weighted by molar-refractivity contribution is 8.06. The van der Waals surface area contributed by atoms with Crippen molar-refractivity contribution in [3.8, 4) is 6.07 Å². The molecule has 2 amide bonds. The smallest absolute Gasteiger partial charge is 0.294 e. The average Bonchev–Trinajstić information content (AvgIpc) is 2.81. The van der Waals surface area contributed by atoms with Gasteiger partial charge in [-0.3, -0.25) is 9.69 Å². The maximum absolute atomic E-state index is 13.9. The van der Waals surface area contributed by atoms with Gasteiger partial charge in [-0.2, -0.15) is 18.4 Å². The molecule has 1 aliphatic carbocycles. The van der Waals surface area contributed by atoms with Crippen LogP contribution in [0, 0.1) is 11.3 Å². The lowest BCUT2D eigenvalue weighted by molar-refractivity contribution is -0.137. The summed E-state index contributed by atoms with van der Waals surface area (Å²) in [7, 11) is -9.19. The predicted octanol–water partition coefficient (Wildman–Crippen LogP) is 3.90. The Morgan fingerprint density at radius 2 is 1.68 bits per heavy atom. The molecule has 2 aromatic carbocycles. The van der Waals surface area contributed by atoms with Crippen molar-refractivity contribution in [2.24, 2.45) is 0 Å². The summed E-state index contributed by atoms with van der Waals surface area (Å²) < 4.78 is 91.5. The molecule has 0 aromatic heterocycles. The fraction of sp³-hybridized carbons (Fsp3) is 0.292. The molecule has 1 atom stereocenters. The van der Waals surface area contributed by atoms with Gasteiger partial charge in [-0.1, -0.05) is 18.2 Å². The topological polar surface area (TPSA) is 133 Å². The Morgan fingerprint density at radius 3 is 2.26 bits per heavy atom. The van der Waals surface area contributed by atoms with Crippen molar-refractivity contribution in [2.45, 2.75) is 31.5 Å². The maximum atomic E-state index is 13.9. The Morgan fingerprint density at radius 1 is 1.03 bits per heavy atom. The first kappa shape index (κ1) is 27.3. The van der Waals surface area contributed by atoms with Gasteiger partial charge in [-0.25, -0.2) is 25.9 Å². The SMILES string of the molecule is CS(=O)(=O)CS(=O)(=O)N1C(=O)N(c2cccc(C(F)(F)F)c2)C2=C(C(=O)CCC2)C1c1ccc(C#N)cc1. The maximum Gasteiger partial charge on any atom is 0.416 e. The Labute approximate surface area is 216 Å². The van der Waals surface area contributed by atoms with Crippen molar-refractivity contribution in [1.29, 1.82) is 5.26 Å². The Kier molecular flexibility index (Phi) is 6.87. The summed E-state index contributed by atoms with van der Waals surface area (Å²) in [6.45, 7) is 0. The van der Waals surface area contributed by atoms with E-state index in [2.05, 4.69) is 0 Å². The van der Waals surface area contributed by atoms with Crippen LogP contribution >= 0.6 is 0 Å². The highest BCUT2D eigenvalue weighted by Crippen LogP contribution is 2.46. The lowest BCUT2D eigenvalue weighted by atomic mass is 9.84. The van der Waals surface area contributed by atoms with Gasteiger partial charge in [0.1, 0.15) is 6.04 Å². The van der Waals surface area contributed by atoms with Gasteiger partial charge in [-0.15, -0.1) is 0 Å². The molecule has 0 N–H and O–H groups in total. The summed E-state index contributed by atoms with van der Waals surface area (Å²) in [6, 6.07) is 7.99. The number of urea groups is 1. The molecule has 38 heavy (non-hydrogen) atoms. The second kappa shape index (κ2) is 9.55. The van der Waals surface area contributed by atoms with Gasteiger partial charge >= 0.3 is 12.2 Å². The third kappa shape index (κ3) is 5.16. The molecule has 1 heterocycles. The molecule has 2 aliphatic rings. The lowest BCUT2D eigenvalue weighted by Crippen LogP contribution is -2.55. The van der Waals surface area contributed by atoms with Gasteiger partial charge in [0.15, 0.2) is 20.7 Å². The van der Waals surface area contributed by atoms with E-state index in [0.717, 1.165) is 17.0 Å². The Balaban J connectivity index is 2.03. The number of carbonyl (C=O) groups excluding carboxylic acids is 2. The minimum Gasteiger partial charge on any atom is -0.294 e. The van der Waals surface area contributed by atoms with E-state index in [1.165, 1.54) is 30.3 Å². The number of hydrogen-bond acceptors (Lipinski definition) is 7. The standard InChI is InChI=1S/C24H20F3N3O6S2/c1-37(33,34)14-38(35,36)30-22(16-10-8-15(13-28)9-11-16)21-19(6-3-7-20(21)31)29(23(30)32)18-5-2-4-17(12-18)24(25,26)27/h2,4-5,8-12,22H,3,6-7,14H2,1H3. The fourth-order valence-corrected chi connectivity index (χ4v) is 8.05. The molecule has 1 unspecified atom stereocenters. The fourth-order valence-electron chi connectivity index (χ4n) is 4.57. The first-order valence-electron chi connectivity index (χ1n) is 11.1. The molecule has 0 bridgehead atoms. The predicted molar refractivity (Wildman–Crippen MR) is 130 cm³/mol. The van der Waals surface area contributed by atoms with E-state index < -0.39 is 54.5 Å². The van der Waals surface area contributed by atoms with Crippen molar-refractivity contribution in [2.75, 3.05) is 16.2 Å². The lowest BCUT2D eigenvalue weighted by Gasteiger charge is -2.44. The van der Waals surface area contributed by atoms with Gasteiger partial charge in [0.2, 0.25) is 0 Å². The number of ketones is 1. The summed E-state index contributed by atoms with van der Waals surface area (Å²) >= 11 is 0. The van der Waals surface area contributed by atoms with Crippen LogP contribution in [0.5, 0.6) is 0 Å². The van der Waals surface area contributed by atoms with Gasteiger partial charge < -0.3 is 0 Å². The quantitative estimate of drug-likeness (QED) is 0.535. The van der Waals surface area contributed by atoms with Gasteiger partial charge in [0.25, 0.3) is 10.0 Å². The normalized spacial score (nSPS) is 18.9. The van der Waals surface area contributed by atoms with Crippen molar-refractivity contribution in [1.82, 2.24) is 4.31 Å². The number of nitriles is 1. The first-order chi connectivity index (χ1) is 17.6. The molecule has 0 saturated heterocycles. The van der Waals surface area contributed by atoms with Gasteiger partial charge in [0.05, 0.1) is 22.9 Å². The molecule has 0 spiro atoms. The summed E-state index contributed by atoms with van der Waals surface area (Å²) in [4.78, 5) is 27.9. The number of rotatable bonds is 5. The van der Waals surface area contributed by atoms with Crippen molar-refractivity contribution >= 4 is 37.4 Å². The molecule has 9 nitrogen and oxygen atoms in total. The molecule has 0 fully saturated rings. The number of sulfone groups is 1. The summed E-state index contributed by atoms with van der Waals surface area (Å²) in [6.07, 6.45) is -3.80. The number of amides is 2. The Bertz CT molecular complexity index is 1610. The third-order valence-corrected chi connectivity index (χ3v) is 9.91. The van der Waals surface area contributed by atoms with Crippen LogP contribution in [0.4, 0.5) is 23.7 Å². The molecule has 2 aromatic rings. The van der Waals surface area contributed by atoms with E-state index in [4.69, 9.17) is 5.26 Å². The van der Waals surface area contributed by atoms with Crippen LogP contribution in [0.2, 0.25) is 0 Å². The van der Waals surface area contributed by atoms with E-state index in [1.807, 2.05) is 6.07 Å². The van der Waals surface area contributed by atoms with Crippen LogP contribution in [-0.2, 0) is 30.8 Å². The number of Topliss-reactive ketones (excluding diaryl/α,β-unsaturated/α-hetero) is 1. The van der Waals surface area contributed by atoms with Crippen LogP contribution in [0.25, 0.3) is 0 Å². The zero-order valence-corrected chi connectivity index (χ0v) is 21.4.